The molecule has 2 aromatic heterocycles. The Morgan fingerprint density at radius 1 is 0.148 bits per heavy atom. The fourth-order valence-electron chi connectivity index (χ4n) is 14.0. The third-order valence-corrected chi connectivity index (χ3v) is 17.9. The van der Waals surface area contributed by atoms with E-state index >= 15 is 0 Å². The van der Waals surface area contributed by atoms with E-state index < -0.39 is 0 Å². The summed E-state index contributed by atoms with van der Waals surface area (Å²) in [5.74, 6) is 0. The minimum atomic E-state index is 0.907. The van der Waals surface area contributed by atoms with Crippen LogP contribution < -0.4 is 0 Å². The molecule has 0 amide bonds. The summed E-state index contributed by atoms with van der Waals surface area (Å²) in [6.45, 7) is 0. The van der Waals surface area contributed by atoms with Crippen LogP contribution in [0.4, 0.5) is 0 Å². The van der Waals surface area contributed by atoms with Gasteiger partial charge in [0, 0.05) is 27.1 Å². The number of furan rings is 2. The lowest BCUT2D eigenvalue weighted by Crippen LogP contribution is -1.92. The highest BCUT2D eigenvalue weighted by Crippen LogP contribution is 2.49. The molecule has 0 bridgehead atoms. The first-order chi connectivity index (χ1) is 43.7. The number of hydrogen-bond donors (Lipinski definition) is 0. The van der Waals surface area contributed by atoms with Crippen LogP contribution in [0.1, 0.15) is 0 Å². The molecule has 0 atom stereocenters. The summed E-state index contributed by atoms with van der Waals surface area (Å²) in [4.78, 5) is 0. The predicted octanol–water partition coefficient (Wildman–Crippen LogP) is 24.6. The monoisotopic (exact) mass is 1120 g/mol. The lowest BCUT2D eigenvalue weighted by molar-refractivity contribution is 0.669. The Balaban J connectivity index is 0.000000140. The van der Waals surface area contributed by atoms with Crippen LogP contribution in [-0.2, 0) is 0 Å². The highest BCUT2D eigenvalue weighted by atomic mass is 16.3. The van der Waals surface area contributed by atoms with E-state index in [1.165, 1.54) is 121 Å². The van der Waals surface area contributed by atoms with Crippen molar-refractivity contribution in [3.8, 4) is 77.9 Å². The van der Waals surface area contributed by atoms with Crippen molar-refractivity contribution in [3.63, 3.8) is 0 Å². The largest absolute Gasteiger partial charge is 0.456 e. The summed E-state index contributed by atoms with van der Waals surface area (Å²) in [6.07, 6.45) is 0. The third kappa shape index (κ3) is 8.49. The molecular weight excluding hydrogens is 1060 g/mol. The Morgan fingerprint density at radius 2 is 0.477 bits per heavy atom. The van der Waals surface area contributed by atoms with Crippen LogP contribution in [0.15, 0.2) is 336 Å². The lowest BCUT2D eigenvalue weighted by atomic mass is 9.83. The molecule has 2 heteroatoms. The highest BCUT2D eigenvalue weighted by Gasteiger charge is 2.22. The van der Waals surface area contributed by atoms with E-state index in [-0.39, 0.29) is 0 Å². The second kappa shape index (κ2) is 21.2. The van der Waals surface area contributed by atoms with Crippen LogP contribution >= 0.6 is 0 Å². The standard InChI is InChI=1S/C48H30O.C38H24O/c1-3-15-31(16-4-1)43-29-33(30-44-37-21-13-14-26-45(37)49-48(43)44)34-27-28-42(36-20-8-7-19-35(34)36)47-40-24-11-9-22-38(40)46(32-17-5-2-6-18-32)39-23-10-12-25-41(39)47;1-2-10-26(11-3-1)37-30-13-4-6-15-32(30)38(33-16-7-5-14-31(33)37)27-20-18-25(19-21-27)28-22-23-36-34(24-28)29-12-8-9-17-35(29)39-36/h1-30H;1-24H. The van der Waals surface area contributed by atoms with Gasteiger partial charge in [-0.15, -0.1) is 0 Å². The van der Waals surface area contributed by atoms with Gasteiger partial charge in [-0.25, -0.2) is 0 Å². The van der Waals surface area contributed by atoms with Gasteiger partial charge in [0.05, 0.1) is 0 Å². The molecule has 88 heavy (non-hydrogen) atoms. The second-order valence-corrected chi connectivity index (χ2v) is 22.9. The molecule has 0 aliphatic heterocycles. The quantitative estimate of drug-likeness (QED) is 0.149. The number of hydrogen-bond acceptors (Lipinski definition) is 2. The average Bonchev–Trinajstić information content (AvgIpc) is 1.03. The first-order valence-electron chi connectivity index (χ1n) is 30.2. The Labute approximate surface area is 509 Å². The second-order valence-electron chi connectivity index (χ2n) is 22.9. The number of para-hydroxylation sites is 2. The third-order valence-electron chi connectivity index (χ3n) is 17.9. The normalized spacial score (nSPS) is 11.6. The molecule has 18 aromatic rings. The van der Waals surface area contributed by atoms with Gasteiger partial charge in [0.2, 0.25) is 0 Å². The molecule has 16 aromatic carbocycles. The minimum absolute atomic E-state index is 0.907. The Morgan fingerprint density at radius 3 is 0.977 bits per heavy atom. The van der Waals surface area contributed by atoms with E-state index in [2.05, 4.69) is 309 Å². The van der Waals surface area contributed by atoms with E-state index in [1.807, 2.05) is 18.2 Å². The van der Waals surface area contributed by atoms with Crippen LogP contribution in [-0.4, -0.2) is 0 Å². The van der Waals surface area contributed by atoms with E-state index in [4.69, 9.17) is 8.83 Å². The highest BCUT2D eigenvalue weighted by molar-refractivity contribution is 6.25. The number of benzene rings is 16. The van der Waals surface area contributed by atoms with Gasteiger partial charge in [-0.05, 0) is 163 Å². The van der Waals surface area contributed by atoms with Gasteiger partial charge in [-0.1, -0.05) is 291 Å². The van der Waals surface area contributed by atoms with Crippen molar-refractivity contribution in [1.29, 1.82) is 0 Å². The van der Waals surface area contributed by atoms with E-state index in [0.717, 1.165) is 55.0 Å². The van der Waals surface area contributed by atoms with Crippen molar-refractivity contribution in [1.82, 2.24) is 0 Å². The predicted molar refractivity (Wildman–Crippen MR) is 373 cm³/mol. The zero-order chi connectivity index (χ0) is 58.1. The van der Waals surface area contributed by atoms with Crippen molar-refractivity contribution in [2.45, 2.75) is 0 Å². The average molecular weight is 1120 g/mol. The molecular formula is C86H54O2. The zero-order valence-corrected chi connectivity index (χ0v) is 48.0. The fourth-order valence-corrected chi connectivity index (χ4v) is 14.0. The molecule has 0 radical (unpaired) electrons. The van der Waals surface area contributed by atoms with Crippen LogP contribution in [0, 0.1) is 0 Å². The molecule has 2 heterocycles. The van der Waals surface area contributed by atoms with Crippen LogP contribution in [0.25, 0.3) is 176 Å². The summed E-state index contributed by atoms with van der Waals surface area (Å²) in [5, 5.41) is 17.2. The lowest BCUT2D eigenvalue weighted by Gasteiger charge is -2.20. The molecule has 2 nitrogen and oxygen atoms in total. The van der Waals surface area contributed by atoms with Crippen LogP contribution in [0.3, 0.4) is 0 Å². The summed E-state index contributed by atoms with van der Waals surface area (Å²) in [7, 11) is 0. The topological polar surface area (TPSA) is 26.3 Å². The van der Waals surface area contributed by atoms with E-state index in [0.29, 0.717) is 0 Å². The molecule has 0 unspecified atom stereocenters. The van der Waals surface area contributed by atoms with Gasteiger partial charge in [-0.3, -0.25) is 0 Å². The maximum Gasteiger partial charge on any atom is 0.143 e. The maximum atomic E-state index is 6.52. The molecule has 0 N–H and O–H groups in total. The molecule has 0 fully saturated rings. The SMILES string of the molecule is c1ccc(-c2c3ccccc3c(-c3ccc(-c4cc(-c5ccccc5)c5oc6ccccc6c5c4)c4ccccc34)c3ccccc23)cc1.c1ccc(-c2c3ccccc3c(-c3ccc(-c4ccc5oc6ccccc6c5c4)cc3)c3ccccc23)cc1. The summed E-state index contributed by atoms with van der Waals surface area (Å²) < 4.78 is 12.6. The summed E-state index contributed by atoms with van der Waals surface area (Å²) >= 11 is 0. The number of fused-ring (bicyclic) bond motifs is 11. The van der Waals surface area contributed by atoms with Crippen molar-refractivity contribution in [2.75, 3.05) is 0 Å². The molecule has 0 spiro atoms. The van der Waals surface area contributed by atoms with Gasteiger partial charge >= 0.3 is 0 Å². The Hall–Kier alpha value is -11.6. The number of rotatable bonds is 7. The molecule has 0 saturated carbocycles. The van der Waals surface area contributed by atoms with Gasteiger partial charge in [-0.2, -0.15) is 0 Å². The van der Waals surface area contributed by atoms with E-state index in [9.17, 15) is 0 Å². The van der Waals surface area contributed by atoms with Crippen molar-refractivity contribution >= 4 is 97.7 Å². The molecule has 0 aliphatic carbocycles. The minimum Gasteiger partial charge on any atom is -0.456 e. The smallest absolute Gasteiger partial charge is 0.143 e. The molecule has 410 valence electrons. The van der Waals surface area contributed by atoms with E-state index in [1.54, 1.807) is 0 Å². The van der Waals surface area contributed by atoms with Crippen molar-refractivity contribution in [3.05, 3.63) is 328 Å². The fraction of sp³-hybridized carbons (Fsp3) is 0. The molecule has 0 saturated heterocycles. The molecule has 18 rings (SSSR count). The van der Waals surface area contributed by atoms with Gasteiger partial charge in [0.1, 0.15) is 22.3 Å². The zero-order valence-electron chi connectivity index (χ0n) is 48.0. The Bertz CT molecular complexity index is 5600. The summed E-state index contributed by atoms with van der Waals surface area (Å²) in [5.41, 5.74) is 20.8. The Kier molecular flexibility index (Phi) is 12.3. The van der Waals surface area contributed by atoms with Crippen molar-refractivity contribution in [2.24, 2.45) is 0 Å². The van der Waals surface area contributed by atoms with Crippen LogP contribution in [0.5, 0.6) is 0 Å². The van der Waals surface area contributed by atoms with Crippen molar-refractivity contribution < 1.29 is 8.83 Å². The van der Waals surface area contributed by atoms with Gasteiger partial charge in [0.15, 0.2) is 0 Å². The van der Waals surface area contributed by atoms with Gasteiger partial charge < -0.3 is 8.83 Å². The first kappa shape index (κ1) is 50.9. The molecule has 0 aliphatic rings. The maximum absolute atomic E-state index is 6.52. The van der Waals surface area contributed by atoms with Gasteiger partial charge in [0.25, 0.3) is 0 Å². The summed E-state index contributed by atoms with van der Waals surface area (Å²) in [6, 6.07) is 118. The van der Waals surface area contributed by atoms with Crippen LogP contribution in [0.2, 0.25) is 0 Å². The first-order valence-corrected chi connectivity index (χ1v) is 30.2.